The maximum absolute atomic E-state index is 12.9. The molecular weight excluding hydrogens is 330 g/mol. The fraction of sp³-hybridized carbons (Fsp3) is 0.368. The molecule has 1 saturated carbocycles. The largest absolute Gasteiger partial charge is 0.349 e. The quantitative estimate of drug-likeness (QED) is 0.550. The van der Waals surface area contributed by atoms with Crippen LogP contribution >= 0.6 is 0 Å². The Balaban J connectivity index is 1.92. The van der Waals surface area contributed by atoms with Crippen LogP contribution in [0.15, 0.2) is 35.3 Å². The molecule has 1 aliphatic carbocycles. The topological polar surface area (TPSA) is 93.4 Å². The predicted molar refractivity (Wildman–Crippen MR) is 99.0 cm³/mol. The number of pyridine rings is 2. The van der Waals surface area contributed by atoms with Gasteiger partial charge in [-0.3, -0.25) is 14.0 Å². The third-order valence-electron chi connectivity index (χ3n) is 5.11. The number of hydrogen-bond acceptors (Lipinski definition) is 4. The predicted octanol–water partition coefficient (Wildman–Crippen LogP) is 1.41. The standard InChI is InChI=1S/C19H21N5O2/c1-2-23-16(20)13(18(25)21-12-7-3-4-8-12)11-14-17(23)22-15-9-5-6-10-24(15)19(14)26/h5-6,9-12,20H,2-4,7-8H2,1H3,(H,21,25)/p+1. The molecule has 3 N–H and O–H groups in total. The lowest BCUT2D eigenvalue weighted by atomic mass is 10.1. The van der Waals surface area contributed by atoms with E-state index in [2.05, 4.69) is 10.3 Å². The van der Waals surface area contributed by atoms with Crippen LogP contribution in [0.2, 0.25) is 0 Å². The van der Waals surface area contributed by atoms with Gasteiger partial charge in [0, 0.05) is 12.2 Å². The Morgan fingerprint density at radius 3 is 2.88 bits per heavy atom. The van der Waals surface area contributed by atoms with E-state index >= 15 is 0 Å². The van der Waals surface area contributed by atoms with Crippen molar-refractivity contribution < 1.29 is 9.36 Å². The number of aromatic nitrogens is 3. The Kier molecular flexibility index (Phi) is 4.06. The molecule has 1 amide bonds. The second-order valence-corrected chi connectivity index (χ2v) is 6.73. The summed E-state index contributed by atoms with van der Waals surface area (Å²) < 4.78 is 3.21. The highest BCUT2D eigenvalue weighted by molar-refractivity contribution is 6.00. The zero-order valence-electron chi connectivity index (χ0n) is 14.7. The number of fused-ring (bicyclic) bond motifs is 2. The molecular formula is C19H22N5O2+. The molecule has 0 atom stereocenters. The minimum Gasteiger partial charge on any atom is -0.349 e. The van der Waals surface area contributed by atoms with E-state index in [1.54, 1.807) is 29.0 Å². The molecule has 26 heavy (non-hydrogen) atoms. The summed E-state index contributed by atoms with van der Waals surface area (Å²) in [7, 11) is 0. The zero-order chi connectivity index (χ0) is 18.3. The first-order valence-corrected chi connectivity index (χ1v) is 9.04. The molecule has 7 heteroatoms. The number of anilines is 1. The third kappa shape index (κ3) is 2.60. The van der Waals surface area contributed by atoms with Crippen molar-refractivity contribution in [2.45, 2.75) is 45.2 Å². The summed E-state index contributed by atoms with van der Waals surface area (Å²) in [5.41, 5.74) is 7.46. The first-order chi connectivity index (χ1) is 12.6. The van der Waals surface area contributed by atoms with Gasteiger partial charge in [0.1, 0.15) is 10.9 Å². The van der Waals surface area contributed by atoms with E-state index in [4.69, 9.17) is 5.73 Å². The van der Waals surface area contributed by atoms with Crippen LogP contribution in [-0.4, -0.2) is 21.3 Å². The van der Waals surface area contributed by atoms with Crippen LogP contribution in [0, 0.1) is 0 Å². The molecule has 134 valence electrons. The summed E-state index contributed by atoms with van der Waals surface area (Å²) in [5, 5.41) is 3.44. The smallest absolute Gasteiger partial charge is 0.278 e. The number of carbonyl (C=O) groups is 1. The molecule has 0 aliphatic heterocycles. The fourth-order valence-corrected chi connectivity index (χ4v) is 3.74. The summed E-state index contributed by atoms with van der Waals surface area (Å²) in [5.74, 6) is 0.110. The van der Waals surface area contributed by atoms with Gasteiger partial charge in [0.05, 0.1) is 6.54 Å². The Morgan fingerprint density at radius 2 is 2.15 bits per heavy atom. The van der Waals surface area contributed by atoms with Crippen molar-refractivity contribution in [2.75, 3.05) is 5.73 Å². The Labute approximate surface area is 150 Å². The number of rotatable bonds is 3. The van der Waals surface area contributed by atoms with Crippen LogP contribution in [0.4, 0.5) is 5.82 Å². The molecule has 0 unspecified atom stereocenters. The summed E-state index contributed by atoms with van der Waals surface area (Å²) in [6, 6.07) is 7.15. The number of hydrogen-bond donors (Lipinski definition) is 2. The van der Waals surface area contributed by atoms with Crippen molar-refractivity contribution in [3.8, 4) is 0 Å². The van der Waals surface area contributed by atoms with Gasteiger partial charge in [0.25, 0.3) is 17.1 Å². The van der Waals surface area contributed by atoms with Crippen LogP contribution in [-0.2, 0) is 6.54 Å². The van der Waals surface area contributed by atoms with Gasteiger partial charge in [-0.2, -0.15) is 0 Å². The summed E-state index contributed by atoms with van der Waals surface area (Å²) in [6.45, 7) is 2.44. The van der Waals surface area contributed by atoms with Crippen molar-refractivity contribution in [1.82, 2.24) is 14.7 Å². The van der Waals surface area contributed by atoms with Crippen molar-refractivity contribution in [3.63, 3.8) is 0 Å². The monoisotopic (exact) mass is 352 g/mol. The number of nitrogens with one attached hydrogen (secondary N) is 1. The Morgan fingerprint density at radius 1 is 1.38 bits per heavy atom. The van der Waals surface area contributed by atoms with Crippen molar-refractivity contribution in [1.29, 1.82) is 0 Å². The highest BCUT2D eigenvalue weighted by Gasteiger charge is 2.25. The molecule has 1 aliphatic rings. The second-order valence-electron chi connectivity index (χ2n) is 6.73. The molecule has 3 aromatic heterocycles. The van der Waals surface area contributed by atoms with Gasteiger partial charge in [-0.15, -0.1) is 0 Å². The fourth-order valence-electron chi connectivity index (χ4n) is 3.74. The molecule has 3 heterocycles. The van der Waals surface area contributed by atoms with Crippen molar-refractivity contribution >= 4 is 28.4 Å². The highest BCUT2D eigenvalue weighted by Crippen LogP contribution is 2.20. The van der Waals surface area contributed by atoms with E-state index in [-0.39, 0.29) is 17.5 Å². The highest BCUT2D eigenvalue weighted by atomic mass is 16.2. The number of aryl methyl sites for hydroxylation is 1. The summed E-state index contributed by atoms with van der Waals surface area (Å²) in [4.78, 5) is 30.3. The van der Waals surface area contributed by atoms with Crippen LogP contribution < -0.4 is 21.2 Å². The summed E-state index contributed by atoms with van der Waals surface area (Å²) >= 11 is 0. The van der Waals surface area contributed by atoms with Gasteiger partial charge in [0.15, 0.2) is 0 Å². The van der Waals surface area contributed by atoms with E-state index in [0.717, 1.165) is 25.7 Å². The second kappa shape index (κ2) is 6.40. The van der Waals surface area contributed by atoms with Gasteiger partial charge < -0.3 is 11.1 Å². The van der Waals surface area contributed by atoms with Gasteiger partial charge in [-0.05, 0) is 38.0 Å². The Bertz CT molecular complexity index is 1070. The van der Waals surface area contributed by atoms with Gasteiger partial charge in [-0.25, -0.2) is 4.57 Å². The maximum atomic E-state index is 12.9. The molecule has 0 saturated heterocycles. The van der Waals surface area contributed by atoms with Gasteiger partial charge in [0.2, 0.25) is 11.5 Å². The van der Waals surface area contributed by atoms with E-state index < -0.39 is 0 Å². The van der Waals surface area contributed by atoms with Crippen molar-refractivity contribution in [2.24, 2.45) is 0 Å². The molecule has 0 bridgehead atoms. The maximum Gasteiger partial charge on any atom is 0.278 e. The summed E-state index contributed by atoms with van der Waals surface area (Å²) in [6.07, 6.45) is 5.91. The average molecular weight is 352 g/mol. The first kappa shape index (κ1) is 16.5. The minimum atomic E-state index is -0.226. The molecule has 0 aromatic carbocycles. The van der Waals surface area contributed by atoms with Gasteiger partial charge in [-0.1, -0.05) is 23.9 Å². The minimum absolute atomic E-state index is 0.184. The molecule has 3 aromatic rings. The number of nitrogens with zero attached hydrogens (tertiary/aromatic N) is 3. The van der Waals surface area contributed by atoms with E-state index in [9.17, 15) is 9.59 Å². The van der Waals surface area contributed by atoms with E-state index in [0.29, 0.717) is 34.6 Å². The van der Waals surface area contributed by atoms with Crippen LogP contribution in [0.3, 0.4) is 0 Å². The molecule has 1 fully saturated rings. The zero-order valence-corrected chi connectivity index (χ0v) is 14.7. The lowest BCUT2D eigenvalue weighted by molar-refractivity contribution is -0.655. The van der Waals surface area contributed by atoms with E-state index in [1.807, 2.05) is 13.0 Å². The number of carbonyl (C=O) groups excluding carboxylic acids is 1. The third-order valence-corrected chi connectivity index (χ3v) is 5.11. The molecule has 0 radical (unpaired) electrons. The first-order valence-electron chi connectivity index (χ1n) is 9.04. The SMILES string of the molecule is CC[n+]1c(N)c(C(=O)NC2CCCC2)cc2c(=O)n3ccccc3nc21. The van der Waals surface area contributed by atoms with E-state index in [1.165, 1.54) is 4.40 Å². The number of nitrogen functional groups attached to an aromatic ring is 1. The van der Waals surface area contributed by atoms with Crippen LogP contribution in [0.1, 0.15) is 43.0 Å². The van der Waals surface area contributed by atoms with Crippen molar-refractivity contribution in [3.05, 3.63) is 46.4 Å². The normalized spacial score (nSPS) is 15.0. The Hall–Kier alpha value is -2.96. The molecule has 4 rings (SSSR count). The number of nitrogens with two attached hydrogens (primary N) is 1. The lowest BCUT2D eigenvalue weighted by Crippen LogP contribution is -2.43. The molecule has 7 nitrogen and oxygen atoms in total. The molecule has 0 spiro atoms. The van der Waals surface area contributed by atoms with Crippen LogP contribution in [0.25, 0.3) is 16.7 Å². The average Bonchev–Trinajstić information content (AvgIpc) is 3.14. The number of amides is 1. The van der Waals surface area contributed by atoms with Crippen LogP contribution in [0.5, 0.6) is 0 Å². The van der Waals surface area contributed by atoms with Gasteiger partial charge >= 0.3 is 0 Å². The lowest BCUT2D eigenvalue weighted by Gasteiger charge is -2.14.